The molecule has 0 unspecified atom stereocenters. The summed E-state index contributed by atoms with van der Waals surface area (Å²) in [4.78, 5) is 19.3. The van der Waals surface area contributed by atoms with Crippen LogP contribution in [0.3, 0.4) is 0 Å². The minimum atomic E-state index is -0.255. The maximum atomic E-state index is 11.5. The first-order valence-electron chi connectivity index (χ1n) is 5.18. The molecule has 0 bridgehead atoms. The summed E-state index contributed by atoms with van der Waals surface area (Å²) in [6.45, 7) is 5.85. The van der Waals surface area contributed by atoms with E-state index in [0.29, 0.717) is 5.82 Å². The smallest absolute Gasteiger partial charge is 0.239 e. The average molecular weight is 233 g/mol. The van der Waals surface area contributed by atoms with Gasteiger partial charge in [-0.15, -0.1) is 0 Å². The van der Waals surface area contributed by atoms with E-state index in [4.69, 9.17) is 5.26 Å². The molecular formula is C11H15N5O. The van der Waals surface area contributed by atoms with E-state index in [-0.39, 0.29) is 23.7 Å². The van der Waals surface area contributed by atoms with Crippen molar-refractivity contribution in [2.45, 2.75) is 26.3 Å². The molecule has 0 atom stereocenters. The number of carbonyl (C=O) groups excluding carboxylic acids is 1. The quantitative estimate of drug-likeness (QED) is 0.801. The van der Waals surface area contributed by atoms with Gasteiger partial charge in [0.25, 0.3) is 0 Å². The van der Waals surface area contributed by atoms with Crippen molar-refractivity contribution in [2.24, 2.45) is 0 Å². The zero-order valence-corrected chi connectivity index (χ0v) is 10.1. The van der Waals surface area contributed by atoms with Gasteiger partial charge in [-0.25, -0.2) is 9.97 Å². The summed E-state index contributed by atoms with van der Waals surface area (Å²) in [6.07, 6.45) is 2.77. The fourth-order valence-electron chi connectivity index (χ4n) is 1.11. The second-order valence-corrected chi connectivity index (χ2v) is 4.55. The van der Waals surface area contributed by atoms with E-state index in [9.17, 15) is 4.79 Å². The number of anilines is 1. The molecule has 90 valence electrons. The molecule has 0 saturated heterocycles. The number of hydrogen-bond donors (Lipinski definition) is 2. The van der Waals surface area contributed by atoms with Crippen LogP contribution in [-0.4, -0.2) is 28.0 Å². The molecule has 2 N–H and O–H groups in total. The van der Waals surface area contributed by atoms with E-state index in [2.05, 4.69) is 20.6 Å². The zero-order valence-electron chi connectivity index (χ0n) is 10.1. The average Bonchev–Trinajstić information content (AvgIpc) is 2.25. The number of carbonyl (C=O) groups is 1. The molecule has 1 aromatic heterocycles. The second-order valence-electron chi connectivity index (χ2n) is 4.55. The number of aromatic nitrogens is 2. The van der Waals surface area contributed by atoms with Gasteiger partial charge in [-0.3, -0.25) is 4.79 Å². The summed E-state index contributed by atoms with van der Waals surface area (Å²) in [7, 11) is 0. The summed E-state index contributed by atoms with van der Waals surface area (Å²) < 4.78 is 0. The van der Waals surface area contributed by atoms with Crippen LogP contribution in [0.4, 0.5) is 5.82 Å². The van der Waals surface area contributed by atoms with Crippen molar-refractivity contribution >= 4 is 11.7 Å². The molecule has 0 fully saturated rings. The van der Waals surface area contributed by atoms with Gasteiger partial charge in [0.1, 0.15) is 11.9 Å². The van der Waals surface area contributed by atoms with Crippen molar-refractivity contribution in [3.63, 3.8) is 0 Å². The molecule has 0 aliphatic rings. The second kappa shape index (κ2) is 5.25. The minimum absolute atomic E-state index is 0.122. The van der Waals surface area contributed by atoms with E-state index < -0.39 is 0 Å². The Kier molecular flexibility index (Phi) is 3.99. The molecule has 0 aliphatic heterocycles. The van der Waals surface area contributed by atoms with Crippen LogP contribution in [0.5, 0.6) is 0 Å². The molecule has 1 aromatic rings. The van der Waals surface area contributed by atoms with Crippen LogP contribution in [-0.2, 0) is 4.79 Å². The van der Waals surface area contributed by atoms with Crippen molar-refractivity contribution < 1.29 is 4.79 Å². The Labute approximate surface area is 100 Å². The third-order valence-corrected chi connectivity index (χ3v) is 1.71. The SMILES string of the molecule is CC(C)(C)NC(=O)CNc1cnc(C#N)cn1. The Bertz CT molecular complexity index is 427. The maximum absolute atomic E-state index is 11.5. The summed E-state index contributed by atoms with van der Waals surface area (Å²) >= 11 is 0. The van der Waals surface area contributed by atoms with Gasteiger partial charge < -0.3 is 10.6 Å². The molecule has 1 rings (SSSR count). The van der Waals surface area contributed by atoms with Crippen molar-refractivity contribution in [1.29, 1.82) is 5.26 Å². The van der Waals surface area contributed by atoms with Gasteiger partial charge in [0.05, 0.1) is 18.9 Å². The lowest BCUT2D eigenvalue weighted by molar-refractivity contribution is -0.120. The van der Waals surface area contributed by atoms with Crippen molar-refractivity contribution in [3.8, 4) is 6.07 Å². The zero-order chi connectivity index (χ0) is 12.9. The molecule has 1 amide bonds. The van der Waals surface area contributed by atoms with Gasteiger partial charge in [-0.1, -0.05) is 0 Å². The van der Waals surface area contributed by atoms with Gasteiger partial charge in [-0.2, -0.15) is 5.26 Å². The van der Waals surface area contributed by atoms with Crippen LogP contribution in [0.1, 0.15) is 26.5 Å². The van der Waals surface area contributed by atoms with Crippen LogP contribution >= 0.6 is 0 Å². The maximum Gasteiger partial charge on any atom is 0.239 e. The standard InChI is InChI=1S/C11H15N5O/c1-11(2,3)16-10(17)7-15-9-6-13-8(4-12)5-14-9/h5-6H,7H2,1-3H3,(H,14,15)(H,16,17). The van der Waals surface area contributed by atoms with Crippen LogP contribution in [0.25, 0.3) is 0 Å². The largest absolute Gasteiger partial charge is 0.360 e. The number of nitrogens with zero attached hydrogens (tertiary/aromatic N) is 3. The third-order valence-electron chi connectivity index (χ3n) is 1.71. The molecule has 6 heteroatoms. The Morgan fingerprint density at radius 1 is 1.41 bits per heavy atom. The predicted molar refractivity (Wildman–Crippen MR) is 63.1 cm³/mol. The van der Waals surface area contributed by atoms with E-state index in [1.54, 1.807) is 0 Å². The predicted octanol–water partition coefficient (Wildman–Crippen LogP) is 0.675. The van der Waals surface area contributed by atoms with Crippen molar-refractivity contribution in [1.82, 2.24) is 15.3 Å². The number of nitrogens with one attached hydrogen (secondary N) is 2. The molecule has 0 spiro atoms. The lowest BCUT2D eigenvalue weighted by Crippen LogP contribution is -2.43. The van der Waals surface area contributed by atoms with Gasteiger partial charge >= 0.3 is 0 Å². The van der Waals surface area contributed by atoms with Crippen LogP contribution in [0.15, 0.2) is 12.4 Å². The van der Waals surface area contributed by atoms with Crippen LogP contribution in [0, 0.1) is 11.3 Å². The molecule has 0 aromatic carbocycles. The number of hydrogen-bond acceptors (Lipinski definition) is 5. The fourth-order valence-corrected chi connectivity index (χ4v) is 1.11. The van der Waals surface area contributed by atoms with Crippen molar-refractivity contribution in [3.05, 3.63) is 18.1 Å². The first-order chi connectivity index (χ1) is 7.90. The summed E-state index contributed by atoms with van der Waals surface area (Å²) in [5, 5.41) is 14.2. The molecule has 17 heavy (non-hydrogen) atoms. The molecule has 0 radical (unpaired) electrons. The van der Waals surface area contributed by atoms with Gasteiger partial charge in [0.15, 0.2) is 5.69 Å². The Morgan fingerprint density at radius 3 is 2.59 bits per heavy atom. The summed E-state index contributed by atoms with van der Waals surface area (Å²) in [5.41, 5.74) is -0.00977. The Hall–Kier alpha value is -2.16. The monoisotopic (exact) mass is 233 g/mol. The molecular weight excluding hydrogens is 218 g/mol. The van der Waals surface area contributed by atoms with Gasteiger partial charge in [0, 0.05) is 5.54 Å². The van der Waals surface area contributed by atoms with E-state index in [1.807, 2.05) is 26.8 Å². The summed E-state index contributed by atoms with van der Waals surface area (Å²) in [6, 6.07) is 1.87. The highest BCUT2D eigenvalue weighted by Gasteiger charge is 2.13. The Morgan fingerprint density at radius 2 is 2.12 bits per heavy atom. The van der Waals surface area contributed by atoms with E-state index >= 15 is 0 Å². The van der Waals surface area contributed by atoms with E-state index in [0.717, 1.165) is 0 Å². The normalized spacial score (nSPS) is 10.5. The topological polar surface area (TPSA) is 90.7 Å². The summed E-state index contributed by atoms with van der Waals surface area (Å²) in [5.74, 6) is 0.344. The molecule has 0 saturated carbocycles. The number of rotatable bonds is 3. The first kappa shape index (κ1) is 12.9. The molecule has 1 heterocycles. The minimum Gasteiger partial charge on any atom is -0.360 e. The highest BCUT2D eigenvalue weighted by Crippen LogP contribution is 2.01. The lowest BCUT2D eigenvalue weighted by atomic mass is 10.1. The first-order valence-corrected chi connectivity index (χ1v) is 5.18. The van der Waals surface area contributed by atoms with Crippen LogP contribution < -0.4 is 10.6 Å². The van der Waals surface area contributed by atoms with E-state index in [1.165, 1.54) is 12.4 Å². The fraction of sp³-hybridized carbons (Fsp3) is 0.455. The third kappa shape index (κ3) is 4.93. The van der Waals surface area contributed by atoms with Crippen molar-refractivity contribution in [2.75, 3.05) is 11.9 Å². The van der Waals surface area contributed by atoms with Gasteiger partial charge in [-0.05, 0) is 20.8 Å². The highest BCUT2D eigenvalue weighted by molar-refractivity contribution is 5.80. The van der Waals surface area contributed by atoms with Crippen LogP contribution in [0.2, 0.25) is 0 Å². The molecule has 6 nitrogen and oxygen atoms in total. The molecule has 0 aliphatic carbocycles. The Balaban J connectivity index is 2.45. The lowest BCUT2D eigenvalue weighted by Gasteiger charge is -2.20. The number of amides is 1. The van der Waals surface area contributed by atoms with Gasteiger partial charge in [0.2, 0.25) is 5.91 Å². The number of nitriles is 1. The highest BCUT2D eigenvalue weighted by atomic mass is 16.2.